The van der Waals surface area contributed by atoms with Crippen LogP contribution in [-0.4, -0.2) is 80.0 Å². The van der Waals surface area contributed by atoms with Gasteiger partial charge in [-0.25, -0.2) is 0 Å². The fourth-order valence-corrected chi connectivity index (χ4v) is 4.57. The van der Waals surface area contributed by atoms with Gasteiger partial charge in [0, 0.05) is 50.0 Å². The predicted octanol–water partition coefficient (Wildman–Crippen LogP) is 2.58. The summed E-state index contributed by atoms with van der Waals surface area (Å²) >= 11 is 0. The van der Waals surface area contributed by atoms with Crippen LogP contribution in [0.3, 0.4) is 0 Å². The molecule has 6 nitrogen and oxygen atoms in total. The number of hydrogen-bond acceptors (Lipinski definition) is 5. The molecule has 1 unspecified atom stereocenters. The summed E-state index contributed by atoms with van der Waals surface area (Å²) in [5, 5.41) is 0. The number of carbonyl (C=O) groups excluding carboxylic acids is 1. The molecule has 4 rings (SSSR count). The number of piperidine rings is 1. The minimum atomic E-state index is -0.263. The number of piperazine rings is 1. The Balaban J connectivity index is 1.41. The summed E-state index contributed by atoms with van der Waals surface area (Å²) in [5.74, 6) is 0.0972. The molecular weight excluding hydrogens is 354 g/mol. The lowest BCUT2D eigenvalue weighted by Gasteiger charge is -2.39. The van der Waals surface area contributed by atoms with Crippen molar-refractivity contribution in [3.05, 3.63) is 29.8 Å². The molecule has 0 aromatic heterocycles. The van der Waals surface area contributed by atoms with Gasteiger partial charge >= 0.3 is 0 Å². The first kappa shape index (κ1) is 19.7. The third-order valence-electron chi connectivity index (χ3n) is 6.30. The molecule has 3 fully saturated rings. The number of benzene rings is 1. The highest BCUT2D eigenvalue weighted by Gasteiger charge is 2.36. The van der Waals surface area contributed by atoms with Gasteiger partial charge in [-0.15, -0.1) is 0 Å². The van der Waals surface area contributed by atoms with E-state index in [1.54, 1.807) is 0 Å². The molecule has 0 radical (unpaired) electrons. The Kier molecular flexibility index (Phi) is 6.19. The number of likely N-dealkylation sites (tertiary alicyclic amines) is 1. The SMILES string of the molecule is CC(C)N1CCN(c2ccc(C(=O)N3CCCCC3C3OCCO3)cc2)CC1. The third kappa shape index (κ3) is 4.19. The zero-order valence-electron chi connectivity index (χ0n) is 17.2. The van der Waals surface area contributed by atoms with Crippen molar-refractivity contribution in [1.82, 2.24) is 9.80 Å². The quantitative estimate of drug-likeness (QED) is 0.795. The van der Waals surface area contributed by atoms with Gasteiger partial charge in [0.05, 0.1) is 19.3 Å². The summed E-state index contributed by atoms with van der Waals surface area (Å²) in [7, 11) is 0. The van der Waals surface area contributed by atoms with Crippen molar-refractivity contribution in [3.8, 4) is 0 Å². The smallest absolute Gasteiger partial charge is 0.254 e. The van der Waals surface area contributed by atoms with Gasteiger partial charge in [0.15, 0.2) is 6.29 Å². The van der Waals surface area contributed by atoms with Gasteiger partial charge in [-0.3, -0.25) is 9.69 Å². The molecule has 1 aromatic rings. The molecule has 6 heteroatoms. The monoisotopic (exact) mass is 387 g/mol. The van der Waals surface area contributed by atoms with Gasteiger partial charge in [-0.05, 0) is 57.4 Å². The van der Waals surface area contributed by atoms with Crippen molar-refractivity contribution in [2.75, 3.05) is 50.8 Å². The Morgan fingerprint density at radius 3 is 2.29 bits per heavy atom. The predicted molar refractivity (Wildman–Crippen MR) is 110 cm³/mol. The molecule has 3 aliphatic rings. The molecule has 28 heavy (non-hydrogen) atoms. The maximum absolute atomic E-state index is 13.2. The normalized spacial score (nSPS) is 24.9. The van der Waals surface area contributed by atoms with Crippen molar-refractivity contribution < 1.29 is 14.3 Å². The first-order valence-corrected chi connectivity index (χ1v) is 10.8. The summed E-state index contributed by atoms with van der Waals surface area (Å²) in [4.78, 5) is 20.1. The zero-order valence-corrected chi connectivity index (χ0v) is 17.2. The molecular formula is C22H33N3O3. The molecule has 3 saturated heterocycles. The Labute approximate surface area is 168 Å². The largest absolute Gasteiger partial charge is 0.369 e. The fourth-order valence-electron chi connectivity index (χ4n) is 4.57. The minimum Gasteiger partial charge on any atom is -0.369 e. The molecule has 0 N–H and O–H groups in total. The van der Waals surface area contributed by atoms with E-state index in [-0.39, 0.29) is 18.2 Å². The first-order valence-electron chi connectivity index (χ1n) is 10.8. The van der Waals surface area contributed by atoms with E-state index in [0.717, 1.165) is 57.5 Å². The molecule has 0 spiro atoms. The van der Waals surface area contributed by atoms with Crippen LogP contribution in [0.5, 0.6) is 0 Å². The van der Waals surface area contributed by atoms with Crippen molar-refractivity contribution >= 4 is 11.6 Å². The standard InChI is InChI=1S/C22H33N3O3/c1-17(2)23-11-13-24(14-12-23)19-8-6-18(7-9-19)21(26)25-10-4-3-5-20(25)22-27-15-16-28-22/h6-9,17,20,22H,3-5,10-16H2,1-2H3. The van der Waals surface area contributed by atoms with Gasteiger partial charge in [-0.2, -0.15) is 0 Å². The topological polar surface area (TPSA) is 45.2 Å². The number of rotatable bonds is 4. The van der Waals surface area contributed by atoms with Crippen LogP contribution in [0.4, 0.5) is 5.69 Å². The van der Waals surface area contributed by atoms with Crippen molar-refractivity contribution in [2.45, 2.75) is 51.5 Å². The van der Waals surface area contributed by atoms with Crippen molar-refractivity contribution in [3.63, 3.8) is 0 Å². The van der Waals surface area contributed by atoms with Gasteiger partial charge in [0.25, 0.3) is 5.91 Å². The zero-order chi connectivity index (χ0) is 19.5. The summed E-state index contributed by atoms with van der Waals surface area (Å²) in [5.41, 5.74) is 1.96. The number of carbonyl (C=O) groups is 1. The van der Waals surface area contributed by atoms with Gasteiger partial charge in [0.2, 0.25) is 0 Å². The number of nitrogens with zero attached hydrogens (tertiary/aromatic N) is 3. The Morgan fingerprint density at radius 1 is 0.964 bits per heavy atom. The summed E-state index contributed by atoms with van der Waals surface area (Å²) in [6.45, 7) is 10.8. The lowest BCUT2D eigenvalue weighted by atomic mass is 10.00. The number of hydrogen-bond donors (Lipinski definition) is 0. The molecule has 1 amide bonds. The number of anilines is 1. The second-order valence-corrected chi connectivity index (χ2v) is 8.34. The van der Waals surface area contributed by atoms with E-state index < -0.39 is 0 Å². The summed E-state index contributed by atoms with van der Waals surface area (Å²) in [6, 6.07) is 8.79. The van der Waals surface area contributed by atoms with E-state index in [1.165, 1.54) is 5.69 Å². The van der Waals surface area contributed by atoms with Gasteiger partial charge in [0.1, 0.15) is 0 Å². The molecule has 154 valence electrons. The van der Waals surface area contributed by atoms with Crippen LogP contribution >= 0.6 is 0 Å². The average Bonchev–Trinajstić information content (AvgIpc) is 3.28. The van der Waals surface area contributed by atoms with E-state index in [0.29, 0.717) is 19.3 Å². The van der Waals surface area contributed by atoms with Crippen molar-refractivity contribution in [1.29, 1.82) is 0 Å². The van der Waals surface area contributed by atoms with Crippen LogP contribution in [-0.2, 0) is 9.47 Å². The molecule has 3 heterocycles. The second-order valence-electron chi connectivity index (χ2n) is 8.34. The third-order valence-corrected chi connectivity index (χ3v) is 6.30. The van der Waals surface area contributed by atoms with E-state index in [2.05, 4.69) is 35.8 Å². The molecule has 0 aliphatic carbocycles. The maximum Gasteiger partial charge on any atom is 0.254 e. The van der Waals surface area contributed by atoms with Crippen molar-refractivity contribution in [2.24, 2.45) is 0 Å². The average molecular weight is 388 g/mol. The van der Waals surface area contributed by atoms with Crippen LogP contribution in [0.25, 0.3) is 0 Å². The first-order chi connectivity index (χ1) is 13.6. The highest BCUT2D eigenvalue weighted by atomic mass is 16.7. The number of amides is 1. The molecule has 1 aromatic carbocycles. The molecule has 0 saturated carbocycles. The second kappa shape index (κ2) is 8.80. The van der Waals surface area contributed by atoms with E-state index >= 15 is 0 Å². The summed E-state index contributed by atoms with van der Waals surface area (Å²) < 4.78 is 11.4. The Bertz CT molecular complexity index is 649. The highest BCUT2D eigenvalue weighted by molar-refractivity contribution is 5.95. The summed E-state index contributed by atoms with van der Waals surface area (Å²) in [6.07, 6.45) is 2.86. The van der Waals surface area contributed by atoms with Crippen LogP contribution in [0.2, 0.25) is 0 Å². The lowest BCUT2D eigenvalue weighted by molar-refractivity contribution is -0.100. The van der Waals surface area contributed by atoms with Gasteiger partial charge < -0.3 is 19.3 Å². The minimum absolute atomic E-state index is 0.0348. The van der Waals surface area contributed by atoms with Gasteiger partial charge in [-0.1, -0.05) is 0 Å². The Hall–Kier alpha value is -1.63. The number of ether oxygens (including phenoxy) is 2. The van der Waals surface area contributed by atoms with Crippen LogP contribution in [0.15, 0.2) is 24.3 Å². The van der Waals surface area contributed by atoms with E-state index in [4.69, 9.17) is 9.47 Å². The fraction of sp³-hybridized carbons (Fsp3) is 0.682. The van der Waals surface area contributed by atoms with E-state index in [1.807, 2.05) is 17.0 Å². The molecule has 0 bridgehead atoms. The Morgan fingerprint density at radius 2 is 1.64 bits per heavy atom. The van der Waals surface area contributed by atoms with E-state index in [9.17, 15) is 4.79 Å². The highest BCUT2D eigenvalue weighted by Crippen LogP contribution is 2.27. The van der Waals surface area contributed by atoms with Crippen LogP contribution in [0, 0.1) is 0 Å². The maximum atomic E-state index is 13.2. The van der Waals surface area contributed by atoms with Crippen LogP contribution in [0.1, 0.15) is 43.5 Å². The molecule has 3 aliphatic heterocycles. The van der Waals surface area contributed by atoms with Crippen LogP contribution < -0.4 is 4.90 Å². The lowest BCUT2D eigenvalue weighted by Crippen LogP contribution is -2.50. The molecule has 1 atom stereocenters.